The van der Waals surface area contributed by atoms with Gasteiger partial charge in [-0.25, -0.2) is 0 Å². The van der Waals surface area contributed by atoms with Gasteiger partial charge in [0.05, 0.1) is 14.2 Å². The molecule has 0 radical (unpaired) electrons. The molecule has 6 heteroatoms. The molecule has 0 aromatic heterocycles. The number of aromatic hydroxyl groups is 2. The Balaban J connectivity index is 1.55. The summed E-state index contributed by atoms with van der Waals surface area (Å²) in [5, 5.41) is 29.6. The molecule has 2 heterocycles. The van der Waals surface area contributed by atoms with E-state index in [1.54, 1.807) is 12.1 Å². The van der Waals surface area contributed by atoms with Crippen LogP contribution in [0.25, 0.3) is 0 Å². The van der Waals surface area contributed by atoms with Crippen molar-refractivity contribution in [3.8, 4) is 23.0 Å². The van der Waals surface area contributed by atoms with Gasteiger partial charge in [0, 0.05) is 5.56 Å². The number of hydrogen-bond acceptors (Lipinski definition) is 5. The SMILES string of the molecule is COc1cc(C[C@H]2C[O+]3[C@H](c4ccc(O)c(OC)c4)[C@@]23CO)ccc1O. The van der Waals surface area contributed by atoms with Crippen LogP contribution in [0.3, 0.4) is 0 Å². The van der Waals surface area contributed by atoms with Crippen LogP contribution in [0.4, 0.5) is 0 Å². The number of aliphatic hydroxyl groups excluding tert-OH is 1. The Bertz CT molecular complexity index is 835. The molecule has 4 rings (SSSR count). The van der Waals surface area contributed by atoms with Crippen molar-refractivity contribution in [2.45, 2.75) is 18.1 Å². The van der Waals surface area contributed by atoms with Crippen molar-refractivity contribution in [2.75, 3.05) is 27.4 Å². The van der Waals surface area contributed by atoms with Crippen LogP contribution < -0.4 is 9.47 Å². The predicted octanol–water partition coefficient (Wildman–Crippen LogP) is 2.33. The molecule has 2 aromatic carbocycles. The van der Waals surface area contributed by atoms with E-state index in [4.69, 9.17) is 9.47 Å². The summed E-state index contributed by atoms with van der Waals surface area (Å²) < 4.78 is 13.6. The number of methoxy groups -OCH3 is 2. The zero-order chi connectivity index (χ0) is 18.5. The van der Waals surface area contributed by atoms with E-state index in [1.165, 1.54) is 14.2 Å². The lowest BCUT2D eigenvalue weighted by Crippen LogP contribution is -2.44. The van der Waals surface area contributed by atoms with Crippen LogP contribution in [0.1, 0.15) is 17.2 Å². The van der Waals surface area contributed by atoms with Crippen molar-refractivity contribution < 1.29 is 29.2 Å². The van der Waals surface area contributed by atoms with E-state index in [9.17, 15) is 15.3 Å². The maximum atomic E-state index is 10.1. The number of ether oxygens (including phenoxy) is 2. The van der Waals surface area contributed by atoms with Crippen LogP contribution in [-0.2, 0) is 10.8 Å². The smallest absolute Gasteiger partial charge is 0.276 e. The van der Waals surface area contributed by atoms with Gasteiger partial charge < -0.3 is 29.2 Å². The fraction of sp³-hybridized carbons (Fsp3) is 0.400. The average Bonchev–Trinajstić information content (AvgIpc) is 3.19. The van der Waals surface area contributed by atoms with E-state index in [0.29, 0.717) is 11.5 Å². The summed E-state index contributed by atoms with van der Waals surface area (Å²) in [6, 6.07) is 10.7. The quantitative estimate of drug-likeness (QED) is 0.545. The van der Waals surface area contributed by atoms with Crippen molar-refractivity contribution in [1.82, 2.24) is 0 Å². The van der Waals surface area contributed by atoms with Gasteiger partial charge in [0.15, 0.2) is 29.6 Å². The Labute approximate surface area is 151 Å². The third kappa shape index (κ3) is 2.33. The first-order chi connectivity index (χ1) is 12.5. The lowest BCUT2D eigenvalue weighted by molar-refractivity contribution is -0.161. The number of phenolic OH excluding ortho intramolecular Hbond substituents is 2. The zero-order valence-corrected chi connectivity index (χ0v) is 14.8. The first kappa shape index (κ1) is 17.0. The Morgan fingerprint density at radius 1 is 1.04 bits per heavy atom. The van der Waals surface area contributed by atoms with E-state index in [1.807, 2.05) is 24.3 Å². The van der Waals surface area contributed by atoms with Gasteiger partial charge in [-0.05, 0) is 42.3 Å². The maximum absolute atomic E-state index is 10.1. The predicted molar refractivity (Wildman–Crippen MR) is 95.0 cm³/mol. The fourth-order valence-corrected chi connectivity index (χ4v) is 4.27. The van der Waals surface area contributed by atoms with Crippen molar-refractivity contribution in [3.63, 3.8) is 0 Å². The first-order valence-corrected chi connectivity index (χ1v) is 8.58. The summed E-state index contributed by atoms with van der Waals surface area (Å²) >= 11 is 0. The van der Waals surface area contributed by atoms with Crippen LogP contribution in [0.2, 0.25) is 0 Å². The molecule has 0 bridgehead atoms. The van der Waals surface area contributed by atoms with Gasteiger partial charge in [0.2, 0.25) is 0 Å². The summed E-state index contributed by atoms with van der Waals surface area (Å²) in [6.07, 6.45) is 0.831. The molecule has 6 nitrogen and oxygen atoms in total. The van der Waals surface area contributed by atoms with Crippen LogP contribution in [-0.4, -0.2) is 48.4 Å². The molecule has 0 unspecified atom stereocenters. The molecule has 2 aromatic rings. The summed E-state index contributed by atoms with van der Waals surface area (Å²) in [5.74, 6) is 1.40. The van der Waals surface area contributed by atoms with Gasteiger partial charge in [-0.1, -0.05) is 6.07 Å². The van der Waals surface area contributed by atoms with Gasteiger partial charge in [-0.2, -0.15) is 0 Å². The van der Waals surface area contributed by atoms with Crippen molar-refractivity contribution in [3.05, 3.63) is 47.5 Å². The molecule has 0 amide bonds. The molecule has 3 N–H and O–H groups in total. The zero-order valence-electron chi connectivity index (χ0n) is 14.8. The molecule has 26 heavy (non-hydrogen) atoms. The molecule has 2 aliphatic rings. The van der Waals surface area contributed by atoms with Crippen LogP contribution >= 0.6 is 0 Å². The molecule has 2 aliphatic heterocycles. The highest BCUT2D eigenvalue weighted by molar-refractivity contribution is 5.46. The Morgan fingerprint density at radius 2 is 1.69 bits per heavy atom. The summed E-state index contributed by atoms with van der Waals surface area (Å²) in [6.45, 7) is 0.864. The second-order valence-corrected chi connectivity index (χ2v) is 6.93. The number of hydrogen-bond donors (Lipinski definition) is 3. The van der Waals surface area contributed by atoms with E-state index < -0.39 is 0 Å². The minimum Gasteiger partial charge on any atom is -0.504 e. The number of epoxide rings is 1. The lowest BCUT2D eigenvalue weighted by atomic mass is 9.81. The molecule has 138 valence electrons. The van der Waals surface area contributed by atoms with Gasteiger partial charge in [-0.15, -0.1) is 0 Å². The second kappa shape index (κ2) is 6.07. The largest absolute Gasteiger partial charge is 0.504 e. The Hall–Kier alpha value is -2.44. The van der Waals surface area contributed by atoms with Gasteiger partial charge in [0.1, 0.15) is 12.5 Å². The number of aliphatic hydroxyl groups is 1. The van der Waals surface area contributed by atoms with Crippen LogP contribution in [0, 0.1) is 5.92 Å². The Morgan fingerprint density at radius 3 is 2.35 bits per heavy atom. The molecule has 2 fully saturated rings. The Kier molecular flexibility index (Phi) is 3.97. The number of rotatable bonds is 6. The standard InChI is InChI=1S/C20H22O6/c1-24-17-8-12(3-5-15(17)22)7-14-10-26-19(20(14,26)11-21)13-4-6-16(23)18(9-13)25-2/h3-6,8-9,14,19,21H,7,10-11H2,1-2H3,(H-,22,23)/p+1/t14-,19+,20+/m0/s1. The summed E-state index contributed by atoms with van der Waals surface area (Å²) in [7, 11) is 3.06. The van der Waals surface area contributed by atoms with E-state index >= 15 is 0 Å². The summed E-state index contributed by atoms with van der Waals surface area (Å²) in [4.78, 5) is 0. The third-order valence-corrected chi connectivity index (χ3v) is 5.71. The second-order valence-electron chi connectivity index (χ2n) is 6.93. The fourth-order valence-electron chi connectivity index (χ4n) is 4.27. The van der Waals surface area contributed by atoms with E-state index in [-0.39, 0.29) is 35.7 Å². The number of benzene rings is 2. The molecule has 0 aliphatic carbocycles. The van der Waals surface area contributed by atoms with Gasteiger partial charge in [-0.3, -0.25) is 0 Å². The highest BCUT2D eigenvalue weighted by atomic mass is 16.8. The maximum Gasteiger partial charge on any atom is 0.276 e. The van der Waals surface area contributed by atoms with Gasteiger partial charge in [0.25, 0.3) is 11.7 Å². The molecule has 0 spiro atoms. The number of fused-ring (bicyclic) bond motifs is 1. The number of phenols is 2. The lowest BCUT2D eigenvalue weighted by Gasteiger charge is -2.27. The molecule has 3 atom stereocenters. The van der Waals surface area contributed by atoms with Crippen molar-refractivity contribution in [1.29, 1.82) is 0 Å². The minimum absolute atomic E-state index is 0.0470. The molecule has 0 saturated carbocycles. The first-order valence-electron chi connectivity index (χ1n) is 8.58. The van der Waals surface area contributed by atoms with E-state index in [0.717, 1.165) is 24.2 Å². The van der Waals surface area contributed by atoms with Crippen molar-refractivity contribution >= 4 is 0 Å². The summed E-state index contributed by atoms with van der Waals surface area (Å²) in [5.41, 5.74) is 1.73. The molecular weight excluding hydrogens is 336 g/mol. The van der Waals surface area contributed by atoms with E-state index in [2.05, 4.69) is 4.37 Å². The average molecular weight is 359 g/mol. The topological polar surface area (TPSA) is 81.9 Å². The minimum atomic E-state index is -0.340. The van der Waals surface area contributed by atoms with Gasteiger partial charge >= 0.3 is 0 Å². The molecular formula is C20H23O6+. The highest BCUT2D eigenvalue weighted by Crippen LogP contribution is 2.70. The van der Waals surface area contributed by atoms with Crippen molar-refractivity contribution in [2.24, 2.45) is 5.92 Å². The third-order valence-electron chi connectivity index (χ3n) is 5.71. The van der Waals surface area contributed by atoms with Crippen LogP contribution in [0.15, 0.2) is 36.4 Å². The monoisotopic (exact) mass is 359 g/mol. The highest BCUT2D eigenvalue weighted by Gasteiger charge is 2.85. The molecule has 2 saturated heterocycles. The normalized spacial score (nSPS) is 26.7. The van der Waals surface area contributed by atoms with Crippen LogP contribution in [0.5, 0.6) is 23.0 Å².